The fourth-order valence-electron chi connectivity index (χ4n) is 6.80. The number of rotatable bonds is 7. The summed E-state index contributed by atoms with van der Waals surface area (Å²) in [6, 6.07) is 16.7. The van der Waals surface area contributed by atoms with E-state index in [2.05, 4.69) is 65.4 Å². The molecule has 2 fully saturated rings. The molecule has 1 amide bonds. The lowest BCUT2D eigenvalue weighted by Crippen LogP contribution is -2.55. The van der Waals surface area contributed by atoms with E-state index in [0.29, 0.717) is 37.7 Å². The van der Waals surface area contributed by atoms with E-state index in [1.54, 1.807) is 0 Å². The maximum Gasteiger partial charge on any atom is 0.318 e. The molecule has 41 heavy (non-hydrogen) atoms. The zero-order valence-corrected chi connectivity index (χ0v) is 23.6. The lowest BCUT2D eigenvalue weighted by atomic mass is 9.80. The fourth-order valence-corrected chi connectivity index (χ4v) is 6.80. The van der Waals surface area contributed by atoms with Crippen LogP contribution in [0.2, 0.25) is 0 Å². The molecule has 0 N–H and O–H groups in total. The van der Waals surface area contributed by atoms with Crippen LogP contribution in [0.5, 0.6) is 6.01 Å². The molecule has 1 aliphatic carbocycles. The first-order chi connectivity index (χ1) is 21.3. The first-order valence-electron chi connectivity index (χ1n) is 16.1. The van der Waals surface area contributed by atoms with Gasteiger partial charge in [0.25, 0.3) is 0 Å². The summed E-state index contributed by atoms with van der Waals surface area (Å²) in [7, 11) is 2.12. The number of hydrogen-bond acceptors (Lipinski definition) is 7. The molecule has 1 aromatic heterocycles. The number of carbonyl (C=O) groups excluding carboxylic acids is 1. The number of likely N-dealkylation sites (tertiary alicyclic amines) is 1. The standard InChI is InChI=1S/C33H38N6O2/c1-3-31(40)39-19-18-38(21-25(39)15-16-34)32-29-14-13-24(28-12-6-9-23-8-4-5-11-27(23)28)20-30(29)35-33(36-32)41-22-26-10-7-17-37(26)2/h3-6,8-9,11-12,24-26H,1,7,10,13-15,17-22H2,2H3/t24-,25-,26-/m0/s1/i1D2,3D. The van der Waals surface area contributed by atoms with Crippen LogP contribution in [0.4, 0.5) is 5.82 Å². The van der Waals surface area contributed by atoms with E-state index in [0.717, 1.165) is 55.7 Å². The van der Waals surface area contributed by atoms with Gasteiger partial charge in [-0.25, -0.2) is 0 Å². The van der Waals surface area contributed by atoms with Crippen LogP contribution >= 0.6 is 0 Å². The van der Waals surface area contributed by atoms with Gasteiger partial charge in [0.2, 0.25) is 5.91 Å². The van der Waals surface area contributed by atoms with Gasteiger partial charge in [-0.15, -0.1) is 0 Å². The van der Waals surface area contributed by atoms with E-state index >= 15 is 0 Å². The minimum Gasteiger partial charge on any atom is -0.462 e. The average Bonchev–Trinajstić information content (AvgIpc) is 3.46. The summed E-state index contributed by atoms with van der Waals surface area (Å²) in [5.74, 6) is 0.411. The second-order valence-corrected chi connectivity index (χ2v) is 11.4. The van der Waals surface area contributed by atoms with E-state index in [9.17, 15) is 10.1 Å². The number of nitrogens with zero attached hydrogens (tertiary/aromatic N) is 6. The molecule has 0 radical (unpaired) electrons. The number of fused-ring (bicyclic) bond motifs is 2. The third kappa shape index (κ3) is 5.51. The molecule has 0 bridgehead atoms. The van der Waals surface area contributed by atoms with Crippen LogP contribution in [0.25, 0.3) is 10.8 Å². The van der Waals surface area contributed by atoms with Gasteiger partial charge in [0.05, 0.1) is 28.3 Å². The normalized spacial score (nSPS) is 23.7. The third-order valence-corrected chi connectivity index (χ3v) is 9.05. The van der Waals surface area contributed by atoms with Crippen LogP contribution in [-0.4, -0.2) is 77.6 Å². The summed E-state index contributed by atoms with van der Waals surface area (Å²) in [5, 5.41) is 12.1. The van der Waals surface area contributed by atoms with Gasteiger partial charge in [-0.2, -0.15) is 15.2 Å². The summed E-state index contributed by atoms with van der Waals surface area (Å²) in [4.78, 5) is 28.7. The summed E-state index contributed by atoms with van der Waals surface area (Å²) >= 11 is 0. The van der Waals surface area contributed by atoms with Crippen molar-refractivity contribution in [2.24, 2.45) is 0 Å². The quantitative estimate of drug-likeness (QED) is 0.399. The number of hydrogen-bond donors (Lipinski definition) is 0. The van der Waals surface area contributed by atoms with Crippen LogP contribution in [0, 0.1) is 11.3 Å². The molecule has 0 spiro atoms. The largest absolute Gasteiger partial charge is 0.462 e. The van der Waals surface area contributed by atoms with Crippen molar-refractivity contribution in [3.8, 4) is 12.1 Å². The number of amides is 1. The number of carbonyl (C=O) groups is 1. The third-order valence-electron chi connectivity index (χ3n) is 9.05. The van der Waals surface area contributed by atoms with Crippen molar-refractivity contribution in [3.63, 3.8) is 0 Å². The Balaban J connectivity index is 1.32. The maximum atomic E-state index is 12.9. The minimum absolute atomic E-state index is 0.0780. The number of aromatic nitrogens is 2. The molecule has 8 nitrogen and oxygen atoms in total. The molecular weight excluding hydrogens is 512 g/mol. The second-order valence-electron chi connectivity index (χ2n) is 11.4. The topological polar surface area (TPSA) is 85.6 Å². The molecule has 2 saturated heterocycles. The Labute approximate surface area is 246 Å². The van der Waals surface area contributed by atoms with E-state index in [1.807, 2.05) is 0 Å². The first kappa shape index (κ1) is 23.7. The summed E-state index contributed by atoms with van der Waals surface area (Å²) < 4.78 is 29.1. The number of likely N-dealkylation sites (N-methyl/N-ethyl adjacent to an activating group) is 1. The first-order valence-corrected chi connectivity index (χ1v) is 14.6. The van der Waals surface area contributed by atoms with Crippen LogP contribution in [0.3, 0.4) is 0 Å². The number of benzene rings is 2. The Morgan fingerprint density at radius 1 is 1.20 bits per heavy atom. The monoisotopic (exact) mass is 553 g/mol. The highest BCUT2D eigenvalue weighted by Gasteiger charge is 2.34. The number of ether oxygens (including phenoxy) is 1. The average molecular weight is 554 g/mol. The lowest BCUT2D eigenvalue weighted by molar-refractivity contribution is -0.128. The fraction of sp³-hybridized carbons (Fsp3) is 0.455. The van der Waals surface area contributed by atoms with Gasteiger partial charge >= 0.3 is 6.01 Å². The molecule has 0 saturated carbocycles. The van der Waals surface area contributed by atoms with Gasteiger partial charge in [-0.3, -0.25) is 4.79 Å². The Hall–Kier alpha value is -3.96. The highest BCUT2D eigenvalue weighted by atomic mass is 16.5. The Morgan fingerprint density at radius 3 is 2.90 bits per heavy atom. The molecule has 3 aliphatic rings. The molecule has 8 heteroatoms. The van der Waals surface area contributed by atoms with Crippen molar-refractivity contribution in [1.82, 2.24) is 19.8 Å². The second kappa shape index (κ2) is 11.9. The molecule has 3 atom stereocenters. The van der Waals surface area contributed by atoms with Crippen LogP contribution in [-0.2, 0) is 17.6 Å². The molecule has 2 aliphatic heterocycles. The van der Waals surface area contributed by atoms with Crippen molar-refractivity contribution in [2.45, 2.75) is 56.5 Å². The van der Waals surface area contributed by atoms with Crippen molar-refractivity contribution in [3.05, 3.63) is 71.9 Å². The summed E-state index contributed by atoms with van der Waals surface area (Å²) in [5.41, 5.74) is 3.39. The predicted octanol–water partition coefficient (Wildman–Crippen LogP) is 4.49. The van der Waals surface area contributed by atoms with Gasteiger partial charge in [-0.05, 0) is 74.0 Å². The lowest BCUT2D eigenvalue weighted by Gasteiger charge is -2.42. The highest BCUT2D eigenvalue weighted by Crippen LogP contribution is 2.39. The van der Waals surface area contributed by atoms with Crippen molar-refractivity contribution >= 4 is 22.5 Å². The SMILES string of the molecule is [2H]C([2H])=C([2H])C(=O)N1CCN(c2nc(OC[C@@H]3CCCN3C)nc3c2CC[C@H](c2cccc4ccccc24)C3)C[C@@H]1CC#N. The molecule has 3 aromatic rings. The van der Waals surface area contributed by atoms with Gasteiger partial charge < -0.3 is 19.4 Å². The van der Waals surface area contributed by atoms with Gasteiger partial charge in [0, 0.05) is 31.2 Å². The zero-order chi connectivity index (χ0) is 30.8. The van der Waals surface area contributed by atoms with Crippen LogP contribution in [0.15, 0.2) is 55.0 Å². The van der Waals surface area contributed by atoms with Crippen molar-refractivity contribution < 1.29 is 13.6 Å². The Morgan fingerprint density at radius 2 is 2.07 bits per heavy atom. The van der Waals surface area contributed by atoms with E-state index < -0.39 is 24.5 Å². The molecule has 6 rings (SSSR count). The summed E-state index contributed by atoms with van der Waals surface area (Å²) in [6.45, 7) is 1.82. The zero-order valence-electron chi connectivity index (χ0n) is 26.6. The number of piperazine rings is 1. The number of nitriles is 1. The van der Waals surface area contributed by atoms with Gasteiger partial charge in [0.1, 0.15) is 12.4 Å². The smallest absolute Gasteiger partial charge is 0.318 e. The van der Waals surface area contributed by atoms with Crippen LogP contribution < -0.4 is 9.64 Å². The summed E-state index contributed by atoms with van der Waals surface area (Å²) in [6.07, 6.45) is 4.82. The Bertz CT molecular complexity index is 1620. The highest BCUT2D eigenvalue weighted by molar-refractivity contribution is 5.87. The van der Waals surface area contributed by atoms with E-state index in [-0.39, 0.29) is 13.0 Å². The van der Waals surface area contributed by atoms with E-state index in [1.165, 1.54) is 21.2 Å². The maximum absolute atomic E-state index is 12.9. The molecule has 212 valence electrons. The van der Waals surface area contributed by atoms with Gasteiger partial charge in [-0.1, -0.05) is 49.0 Å². The Kier molecular flexibility index (Phi) is 6.87. The minimum atomic E-state index is -0.826. The number of anilines is 1. The molecular formula is C33H38N6O2. The molecule has 3 heterocycles. The van der Waals surface area contributed by atoms with Crippen molar-refractivity contribution in [2.75, 3.05) is 44.7 Å². The van der Waals surface area contributed by atoms with E-state index in [4.69, 9.17) is 18.8 Å². The molecule has 2 aromatic carbocycles. The van der Waals surface area contributed by atoms with Crippen molar-refractivity contribution in [1.29, 1.82) is 5.26 Å². The predicted molar refractivity (Wildman–Crippen MR) is 160 cm³/mol. The van der Waals surface area contributed by atoms with Crippen LogP contribution in [0.1, 0.15) is 52.5 Å². The molecule has 0 unspecified atom stereocenters. The van der Waals surface area contributed by atoms with Gasteiger partial charge in [0.15, 0.2) is 0 Å².